The van der Waals surface area contributed by atoms with Gasteiger partial charge < -0.3 is 0 Å². The van der Waals surface area contributed by atoms with Crippen LogP contribution >= 0.6 is 11.8 Å². The van der Waals surface area contributed by atoms with E-state index in [1.54, 1.807) is 6.92 Å². The standard InChI is InChI=1S/C11H9F2N3OS/c1-6-14-11(16-15-6)18-5-9(17)10-7(12)3-2-4-8(10)13/h2-4H,5H2,1H3,(H,14,15,16). The van der Waals surface area contributed by atoms with Gasteiger partial charge in [-0.05, 0) is 19.1 Å². The Balaban J connectivity index is 2.08. The summed E-state index contributed by atoms with van der Waals surface area (Å²) >= 11 is 1.03. The summed E-state index contributed by atoms with van der Waals surface area (Å²) in [5.41, 5.74) is -0.516. The number of nitrogens with zero attached hydrogens (tertiary/aromatic N) is 2. The highest BCUT2D eigenvalue weighted by atomic mass is 32.2. The van der Waals surface area contributed by atoms with Gasteiger partial charge in [0.15, 0.2) is 5.78 Å². The first-order valence-corrected chi connectivity index (χ1v) is 6.05. The van der Waals surface area contributed by atoms with Crippen molar-refractivity contribution in [2.75, 3.05) is 5.75 Å². The topological polar surface area (TPSA) is 58.6 Å². The third-order valence-electron chi connectivity index (χ3n) is 2.15. The maximum atomic E-state index is 13.3. The molecule has 1 heterocycles. The number of nitrogens with one attached hydrogen (secondary N) is 1. The fourth-order valence-electron chi connectivity index (χ4n) is 1.35. The molecule has 0 aliphatic heterocycles. The number of rotatable bonds is 4. The first-order chi connectivity index (χ1) is 8.58. The van der Waals surface area contributed by atoms with Crippen molar-refractivity contribution >= 4 is 17.5 Å². The molecule has 0 unspecified atom stereocenters. The predicted octanol–water partition coefficient (Wildman–Crippen LogP) is 2.37. The van der Waals surface area contributed by atoms with Gasteiger partial charge in [0.2, 0.25) is 5.16 Å². The number of Topliss-reactive ketones (excluding diaryl/α,β-unsaturated/α-hetero) is 1. The number of hydrogen-bond acceptors (Lipinski definition) is 4. The lowest BCUT2D eigenvalue weighted by Gasteiger charge is -2.02. The highest BCUT2D eigenvalue weighted by Gasteiger charge is 2.17. The largest absolute Gasteiger partial charge is 0.293 e. The third-order valence-corrected chi connectivity index (χ3v) is 3.00. The fourth-order valence-corrected chi connectivity index (χ4v) is 2.07. The van der Waals surface area contributed by atoms with Gasteiger partial charge in [0, 0.05) is 0 Å². The number of aryl methyl sites for hydroxylation is 1. The van der Waals surface area contributed by atoms with Crippen LogP contribution in [0, 0.1) is 18.6 Å². The van der Waals surface area contributed by atoms with E-state index >= 15 is 0 Å². The molecule has 0 saturated heterocycles. The molecule has 0 radical (unpaired) electrons. The normalized spacial score (nSPS) is 10.6. The van der Waals surface area contributed by atoms with Crippen LogP contribution in [0.2, 0.25) is 0 Å². The lowest BCUT2D eigenvalue weighted by atomic mass is 10.1. The van der Waals surface area contributed by atoms with Crippen molar-refractivity contribution < 1.29 is 13.6 Å². The number of carbonyl (C=O) groups is 1. The lowest BCUT2D eigenvalue weighted by Crippen LogP contribution is -2.08. The second-order valence-corrected chi connectivity index (χ2v) is 4.45. The van der Waals surface area contributed by atoms with E-state index < -0.39 is 23.0 Å². The van der Waals surface area contributed by atoms with E-state index in [-0.39, 0.29) is 5.75 Å². The Morgan fingerprint density at radius 2 is 2.06 bits per heavy atom. The van der Waals surface area contributed by atoms with Crippen molar-refractivity contribution in [2.24, 2.45) is 0 Å². The average molecular weight is 269 g/mol. The number of aromatic amines is 1. The molecule has 2 aromatic rings. The summed E-state index contributed by atoms with van der Waals surface area (Å²) in [7, 11) is 0. The summed E-state index contributed by atoms with van der Waals surface area (Å²) in [5, 5.41) is 6.80. The van der Waals surface area contributed by atoms with Gasteiger partial charge in [0.05, 0.1) is 11.3 Å². The van der Waals surface area contributed by atoms with Crippen LogP contribution in [0.25, 0.3) is 0 Å². The van der Waals surface area contributed by atoms with Crippen molar-refractivity contribution in [2.45, 2.75) is 12.1 Å². The Hall–Kier alpha value is -1.76. The number of thioether (sulfide) groups is 1. The molecular formula is C11H9F2N3OS. The van der Waals surface area contributed by atoms with Gasteiger partial charge in [0.1, 0.15) is 17.5 Å². The van der Waals surface area contributed by atoms with Gasteiger partial charge in [-0.25, -0.2) is 13.8 Å². The monoisotopic (exact) mass is 269 g/mol. The summed E-state index contributed by atoms with van der Waals surface area (Å²) in [4.78, 5) is 15.7. The minimum Gasteiger partial charge on any atom is -0.293 e. The lowest BCUT2D eigenvalue weighted by molar-refractivity contribution is 0.101. The van der Waals surface area contributed by atoms with Crippen LogP contribution in [0.15, 0.2) is 23.4 Å². The number of H-pyrrole nitrogens is 1. The van der Waals surface area contributed by atoms with Crippen LogP contribution in [0.5, 0.6) is 0 Å². The van der Waals surface area contributed by atoms with Gasteiger partial charge in [-0.3, -0.25) is 9.89 Å². The molecule has 0 bridgehead atoms. The van der Waals surface area contributed by atoms with E-state index in [2.05, 4.69) is 15.2 Å². The van der Waals surface area contributed by atoms with Crippen LogP contribution in [0.4, 0.5) is 8.78 Å². The maximum absolute atomic E-state index is 13.3. The van der Waals surface area contributed by atoms with Crippen molar-refractivity contribution in [3.05, 3.63) is 41.2 Å². The van der Waals surface area contributed by atoms with Gasteiger partial charge in [-0.15, -0.1) is 5.10 Å². The fraction of sp³-hybridized carbons (Fsp3) is 0.182. The summed E-state index contributed by atoms with van der Waals surface area (Å²) in [5.74, 6) is -1.84. The van der Waals surface area contributed by atoms with Crippen molar-refractivity contribution in [3.63, 3.8) is 0 Å². The molecule has 0 amide bonds. The van der Waals surface area contributed by atoms with Gasteiger partial charge >= 0.3 is 0 Å². The van der Waals surface area contributed by atoms with Gasteiger partial charge in [-0.1, -0.05) is 17.8 Å². The molecule has 1 N–H and O–H groups in total. The molecule has 4 nitrogen and oxygen atoms in total. The van der Waals surface area contributed by atoms with Crippen LogP contribution < -0.4 is 0 Å². The molecule has 0 saturated carbocycles. The Morgan fingerprint density at radius 3 is 2.61 bits per heavy atom. The van der Waals surface area contributed by atoms with E-state index in [9.17, 15) is 13.6 Å². The number of ketones is 1. The Labute approximate surface area is 106 Å². The first-order valence-electron chi connectivity index (χ1n) is 5.07. The Bertz CT molecular complexity index is 565. The van der Waals surface area contributed by atoms with E-state index in [4.69, 9.17) is 0 Å². The number of halogens is 2. The van der Waals surface area contributed by atoms with Crippen LogP contribution in [0.3, 0.4) is 0 Å². The molecule has 1 aromatic heterocycles. The zero-order valence-electron chi connectivity index (χ0n) is 9.41. The molecule has 2 rings (SSSR count). The van der Waals surface area contributed by atoms with Gasteiger partial charge in [0.25, 0.3) is 0 Å². The highest BCUT2D eigenvalue weighted by Crippen LogP contribution is 2.18. The van der Waals surface area contributed by atoms with Crippen LogP contribution in [0.1, 0.15) is 16.2 Å². The predicted molar refractivity (Wildman–Crippen MR) is 62.5 cm³/mol. The zero-order valence-corrected chi connectivity index (χ0v) is 10.2. The summed E-state index contributed by atoms with van der Waals surface area (Å²) in [6.07, 6.45) is 0. The van der Waals surface area contributed by atoms with E-state index in [1.807, 2.05) is 0 Å². The molecule has 0 spiro atoms. The molecule has 1 aromatic carbocycles. The van der Waals surface area contributed by atoms with E-state index in [1.165, 1.54) is 6.07 Å². The molecule has 0 fully saturated rings. The van der Waals surface area contributed by atoms with Crippen LogP contribution in [-0.2, 0) is 0 Å². The second-order valence-electron chi connectivity index (χ2n) is 3.51. The highest BCUT2D eigenvalue weighted by molar-refractivity contribution is 7.99. The summed E-state index contributed by atoms with van der Waals surface area (Å²) in [6.45, 7) is 1.72. The quantitative estimate of drug-likeness (QED) is 0.684. The molecule has 94 valence electrons. The number of benzene rings is 1. The zero-order chi connectivity index (χ0) is 13.1. The van der Waals surface area contributed by atoms with Crippen LogP contribution in [-0.4, -0.2) is 26.7 Å². The van der Waals surface area contributed by atoms with Crippen molar-refractivity contribution in [1.82, 2.24) is 15.2 Å². The molecule has 0 aliphatic carbocycles. The summed E-state index contributed by atoms with van der Waals surface area (Å²) < 4.78 is 26.6. The molecule has 18 heavy (non-hydrogen) atoms. The molecule has 0 aliphatic rings. The van der Waals surface area contributed by atoms with E-state index in [0.29, 0.717) is 11.0 Å². The summed E-state index contributed by atoms with van der Waals surface area (Å²) in [6, 6.07) is 3.32. The number of hydrogen-bond donors (Lipinski definition) is 1. The van der Waals surface area contributed by atoms with Gasteiger partial charge in [-0.2, -0.15) is 0 Å². The SMILES string of the molecule is Cc1nc(SCC(=O)c2c(F)cccc2F)n[nH]1. The second kappa shape index (κ2) is 5.26. The number of carbonyl (C=O) groups excluding carboxylic acids is 1. The number of aromatic nitrogens is 3. The smallest absolute Gasteiger partial charge is 0.208 e. The van der Waals surface area contributed by atoms with Crippen molar-refractivity contribution in [1.29, 1.82) is 0 Å². The van der Waals surface area contributed by atoms with Crippen molar-refractivity contribution in [3.8, 4) is 0 Å². The Kier molecular flexibility index (Phi) is 3.71. The maximum Gasteiger partial charge on any atom is 0.208 e. The molecule has 7 heteroatoms. The minimum atomic E-state index is -0.855. The minimum absolute atomic E-state index is 0.116. The molecular weight excluding hydrogens is 260 g/mol. The molecule has 0 atom stereocenters. The van der Waals surface area contributed by atoms with E-state index in [0.717, 1.165) is 23.9 Å². The first kappa shape index (κ1) is 12.7. The third kappa shape index (κ3) is 2.73. The Morgan fingerprint density at radius 1 is 1.39 bits per heavy atom. The average Bonchev–Trinajstić information content (AvgIpc) is 2.72.